The number of benzene rings is 1. The second-order valence-electron chi connectivity index (χ2n) is 4.45. The summed E-state index contributed by atoms with van der Waals surface area (Å²) >= 11 is 0. The number of aliphatic hydroxyl groups excluding tert-OH is 1. The van der Waals surface area contributed by atoms with E-state index < -0.39 is 6.35 Å². The van der Waals surface area contributed by atoms with Crippen LogP contribution < -0.4 is 16.0 Å². The summed E-state index contributed by atoms with van der Waals surface area (Å²) in [7, 11) is 0. The van der Waals surface area contributed by atoms with Crippen LogP contribution in [0.4, 0.5) is 5.69 Å². The smallest absolute Gasteiger partial charge is 0.226 e. The minimum atomic E-state index is -1.05. The summed E-state index contributed by atoms with van der Waals surface area (Å²) in [5.41, 5.74) is 0.774. The molecule has 0 aromatic heterocycles. The van der Waals surface area contributed by atoms with Crippen LogP contribution >= 0.6 is 0 Å². The van der Waals surface area contributed by atoms with E-state index in [1.165, 1.54) is 0 Å². The summed E-state index contributed by atoms with van der Waals surface area (Å²) in [5.74, 6) is -0.0918. The molecule has 1 amide bonds. The van der Waals surface area contributed by atoms with E-state index in [0.717, 1.165) is 31.6 Å². The predicted molar refractivity (Wildman–Crippen MR) is 69.8 cm³/mol. The Morgan fingerprint density at radius 2 is 1.94 bits per heavy atom. The minimum Gasteiger partial charge on any atom is -0.356 e. The lowest BCUT2D eigenvalue weighted by atomic mass is 9.97. The summed E-state index contributed by atoms with van der Waals surface area (Å²) in [4.78, 5) is 11.9. The number of hydrogen-bond acceptors (Lipinski definition) is 4. The first-order valence-corrected chi connectivity index (χ1v) is 6.26. The third-order valence-electron chi connectivity index (χ3n) is 3.07. The maximum Gasteiger partial charge on any atom is 0.226 e. The van der Waals surface area contributed by atoms with E-state index in [2.05, 4.69) is 16.0 Å². The van der Waals surface area contributed by atoms with Gasteiger partial charge in [-0.05, 0) is 38.1 Å². The van der Waals surface area contributed by atoms with Crippen LogP contribution in [-0.2, 0) is 4.79 Å². The van der Waals surface area contributed by atoms with Gasteiger partial charge in [0.05, 0.1) is 0 Å². The Bertz CT molecular complexity index is 377. The molecule has 0 radical (unpaired) electrons. The molecule has 5 heteroatoms. The van der Waals surface area contributed by atoms with E-state index in [1.807, 2.05) is 30.3 Å². The number of amides is 1. The van der Waals surface area contributed by atoms with Crippen LogP contribution in [0.2, 0.25) is 0 Å². The molecule has 1 atom stereocenters. The van der Waals surface area contributed by atoms with E-state index in [1.54, 1.807) is 0 Å². The van der Waals surface area contributed by atoms with Gasteiger partial charge < -0.3 is 21.1 Å². The molecular weight excluding hydrogens is 230 g/mol. The minimum absolute atomic E-state index is 0.00141. The van der Waals surface area contributed by atoms with Crippen LogP contribution in [0, 0.1) is 5.92 Å². The second-order valence-corrected chi connectivity index (χ2v) is 4.45. The van der Waals surface area contributed by atoms with E-state index in [4.69, 9.17) is 0 Å². The van der Waals surface area contributed by atoms with Gasteiger partial charge in [0.25, 0.3) is 0 Å². The number of para-hydroxylation sites is 1. The molecule has 0 bridgehead atoms. The molecule has 1 heterocycles. The molecule has 2 rings (SSSR count). The van der Waals surface area contributed by atoms with Crippen molar-refractivity contribution in [1.82, 2.24) is 10.6 Å². The Morgan fingerprint density at radius 1 is 1.28 bits per heavy atom. The number of aliphatic hydroxyl groups is 1. The van der Waals surface area contributed by atoms with Crippen molar-refractivity contribution in [2.45, 2.75) is 19.2 Å². The zero-order valence-corrected chi connectivity index (χ0v) is 10.2. The average Bonchev–Trinajstić information content (AvgIpc) is 2.40. The van der Waals surface area contributed by atoms with Gasteiger partial charge in [-0.15, -0.1) is 0 Å². The van der Waals surface area contributed by atoms with Crippen LogP contribution in [-0.4, -0.2) is 30.5 Å². The number of hydrogen-bond donors (Lipinski definition) is 4. The van der Waals surface area contributed by atoms with Crippen LogP contribution in [0.1, 0.15) is 12.8 Å². The highest BCUT2D eigenvalue weighted by Gasteiger charge is 2.22. The maximum atomic E-state index is 11.9. The molecule has 1 aliphatic rings. The van der Waals surface area contributed by atoms with Crippen molar-refractivity contribution in [2.75, 3.05) is 18.4 Å². The van der Waals surface area contributed by atoms with Gasteiger partial charge in [-0.3, -0.25) is 4.79 Å². The van der Waals surface area contributed by atoms with Crippen LogP contribution in [0.15, 0.2) is 30.3 Å². The maximum absolute atomic E-state index is 11.9. The normalized spacial score (nSPS) is 18.1. The predicted octanol–water partition coefficient (Wildman–Crippen LogP) is 0.490. The highest BCUT2D eigenvalue weighted by atomic mass is 16.3. The number of piperidine rings is 1. The van der Waals surface area contributed by atoms with Gasteiger partial charge in [0, 0.05) is 11.6 Å². The molecule has 98 valence electrons. The largest absolute Gasteiger partial charge is 0.356 e. The summed E-state index contributed by atoms with van der Waals surface area (Å²) < 4.78 is 0. The summed E-state index contributed by atoms with van der Waals surface area (Å²) in [6.07, 6.45) is 0.600. The molecule has 1 aliphatic heterocycles. The third kappa shape index (κ3) is 3.72. The number of anilines is 1. The fourth-order valence-corrected chi connectivity index (χ4v) is 2.07. The zero-order valence-electron chi connectivity index (χ0n) is 10.2. The van der Waals surface area contributed by atoms with Crippen molar-refractivity contribution in [1.29, 1.82) is 0 Å². The second kappa shape index (κ2) is 6.37. The molecular formula is C13H19N3O2. The Kier molecular flexibility index (Phi) is 4.55. The molecule has 18 heavy (non-hydrogen) atoms. The molecule has 0 spiro atoms. The Morgan fingerprint density at radius 3 is 2.61 bits per heavy atom. The van der Waals surface area contributed by atoms with Gasteiger partial charge in [0.2, 0.25) is 12.3 Å². The quantitative estimate of drug-likeness (QED) is 0.586. The molecule has 1 fully saturated rings. The summed E-state index contributed by atoms with van der Waals surface area (Å²) in [5, 5.41) is 18.3. The number of rotatable bonds is 4. The highest BCUT2D eigenvalue weighted by Crippen LogP contribution is 2.12. The highest BCUT2D eigenvalue weighted by molar-refractivity contribution is 5.79. The van der Waals surface area contributed by atoms with Crippen molar-refractivity contribution in [3.8, 4) is 0 Å². The lowest BCUT2D eigenvalue weighted by molar-refractivity contribution is -0.128. The number of carbonyl (C=O) groups excluding carboxylic acids is 1. The fourth-order valence-electron chi connectivity index (χ4n) is 2.07. The lowest BCUT2D eigenvalue weighted by Crippen LogP contribution is -2.45. The van der Waals surface area contributed by atoms with Crippen molar-refractivity contribution < 1.29 is 9.90 Å². The molecule has 0 aliphatic carbocycles. The van der Waals surface area contributed by atoms with Crippen LogP contribution in [0.5, 0.6) is 0 Å². The monoisotopic (exact) mass is 249 g/mol. The average molecular weight is 249 g/mol. The number of carbonyl (C=O) groups is 1. The third-order valence-corrected chi connectivity index (χ3v) is 3.07. The lowest BCUT2D eigenvalue weighted by Gasteiger charge is -2.24. The van der Waals surface area contributed by atoms with Gasteiger partial charge in [0.1, 0.15) is 0 Å². The van der Waals surface area contributed by atoms with Gasteiger partial charge in [-0.1, -0.05) is 18.2 Å². The van der Waals surface area contributed by atoms with E-state index in [9.17, 15) is 9.90 Å². The van der Waals surface area contributed by atoms with E-state index in [-0.39, 0.29) is 11.8 Å². The molecule has 1 aromatic carbocycles. The Hall–Kier alpha value is -1.59. The van der Waals surface area contributed by atoms with Gasteiger partial charge in [0.15, 0.2) is 0 Å². The van der Waals surface area contributed by atoms with Gasteiger partial charge >= 0.3 is 0 Å². The van der Waals surface area contributed by atoms with Gasteiger partial charge in [-0.2, -0.15) is 0 Å². The topological polar surface area (TPSA) is 73.4 Å². The Labute approximate surface area is 107 Å². The first-order chi connectivity index (χ1) is 8.75. The summed E-state index contributed by atoms with van der Waals surface area (Å²) in [6, 6.07) is 9.29. The first-order valence-electron chi connectivity index (χ1n) is 6.26. The SMILES string of the molecule is O=C(NC(O)Nc1ccccc1)C1CCNCC1. The molecule has 1 unspecified atom stereocenters. The molecule has 0 saturated carbocycles. The molecule has 1 aromatic rings. The van der Waals surface area contributed by atoms with Crippen molar-refractivity contribution in [3.05, 3.63) is 30.3 Å². The molecule has 4 N–H and O–H groups in total. The first kappa shape index (κ1) is 12.9. The number of nitrogens with one attached hydrogen (secondary N) is 3. The summed E-state index contributed by atoms with van der Waals surface area (Å²) in [6.45, 7) is 1.72. The van der Waals surface area contributed by atoms with Gasteiger partial charge in [-0.25, -0.2) is 0 Å². The fraction of sp³-hybridized carbons (Fsp3) is 0.462. The van der Waals surface area contributed by atoms with Crippen molar-refractivity contribution >= 4 is 11.6 Å². The van der Waals surface area contributed by atoms with Crippen LogP contribution in [0.3, 0.4) is 0 Å². The van der Waals surface area contributed by atoms with Crippen LogP contribution in [0.25, 0.3) is 0 Å². The van der Waals surface area contributed by atoms with E-state index in [0.29, 0.717) is 0 Å². The zero-order chi connectivity index (χ0) is 12.8. The van der Waals surface area contributed by atoms with Crippen molar-refractivity contribution in [2.24, 2.45) is 5.92 Å². The Balaban J connectivity index is 1.79. The standard InChI is InChI=1S/C13H19N3O2/c17-12(10-6-8-14-9-7-10)16-13(18)15-11-4-2-1-3-5-11/h1-5,10,13-15,18H,6-9H2,(H,16,17). The molecule has 5 nitrogen and oxygen atoms in total. The molecule has 1 saturated heterocycles. The van der Waals surface area contributed by atoms with E-state index >= 15 is 0 Å². The van der Waals surface area contributed by atoms with Crippen molar-refractivity contribution in [3.63, 3.8) is 0 Å².